The number of nitrogens with one attached hydrogen (secondary N) is 2. The number of rotatable bonds is 3. The van der Waals surface area contributed by atoms with E-state index in [-0.39, 0.29) is 11.6 Å². The number of hydrogen-bond donors (Lipinski definition) is 2. The van der Waals surface area contributed by atoms with Crippen molar-refractivity contribution in [2.24, 2.45) is 5.10 Å². The molecule has 0 spiro atoms. The van der Waals surface area contributed by atoms with Crippen LogP contribution < -0.4 is 10.7 Å². The SMILES string of the molecule is CC(C)NC(=O)C(=O)N/N=C\c1cccc(C(F)(F)F)c1. The average molecular weight is 301 g/mol. The Morgan fingerprint density at radius 1 is 1.24 bits per heavy atom. The summed E-state index contributed by atoms with van der Waals surface area (Å²) in [4.78, 5) is 22.5. The van der Waals surface area contributed by atoms with Crippen molar-refractivity contribution in [2.45, 2.75) is 26.1 Å². The van der Waals surface area contributed by atoms with Crippen LogP contribution in [0.15, 0.2) is 29.4 Å². The van der Waals surface area contributed by atoms with Crippen molar-refractivity contribution < 1.29 is 22.8 Å². The Balaban J connectivity index is 2.66. The van der Waals surface area contributed by atoms with Crippen LogP contribution in [0.1, 0.15) is 25.0 Å². The summed E-state index contributed by atoms with van der Waals surface area (Å²) < 4.78 is 37.4. The molecule has 0 bridgehead atoms. The number of hydrogen-bond acceptors (Lipinski definition) is 3. The van der Waals surface area contributed by atoms with Crippen molar-refractivity contribution in [2.75, 3.05) is 0 Å². The van der Waals surface area contributed by atoms with Gasteiger partial charge in [0, 0.05) is 6.04 Å². The Kier molecular flexibility index (Phi) is 5.45. The smallest absolute Gasteiger partial charge is 0.346 e. The molecule has 0 aromatic heterocycles. The Labute approximate surface area is 119 Å². The highest BCUT2D eigenvalue weighted by Gasteiger charge is 2.30. The number of alkyl halides is 3. The van der Waals surface area contributed by atoms with Gasteiger partial charge in [-0.25, -0.2) is 5.43 Å². The van der Waals surface area contributed by atoms with Crippen molar-refractivity contribution in [1.29, 1.82) is 0 Å². The van der Waals surface area contributed by atoms with Gasteiger partial charge in [0.15, 0.2) is 0 Å². The van der Waals surface area contributed by atoms with E-state index in [1.165, 1.54) is 12.1 Å². The number of amides is 2. The number of halogens is 3. The molecular weight excluding hydrogens is 287 g/mol. The first kappa shape index (κ1) is 16.7. The van der Waals surface area contributed by atoms with Gasteiger partial charge in [-0.05, 0) is 31.5 Å². The van der Waals surface area contributed by atoms with E-state index in [0.29, 0.717) is 0 Å². The van der Waals surface area contributed by atoms with E-state index >= 15 is 0 Å². The lowest BCUT2D eigenvalue weighted by molar-refractivity contribution is -0.139. The minimum absolute atomic E-state index is 0.148. The van der Waals surface area contributed by atoms with Crippen LogP contribution in [0.2, 0.25) is 0 Å². The third-order valence-electron chi connectivity index (χ3n) is 2.22. The number of carbonyl (C=O) groups excluding carboxylic acids is 2. The highest BCUT2D eigenvalue weighted by molar-refractivity contribution is 6.35. The largest absolute Gasteiger partial charge is 0.416 e. The minimum atomic E-state index is -4.45. The first-order valence-corrected chi connectivity index (χ1v) is 6.01. The van der Waals surface area contributed by atoms with Gasteiger partial charge >= 0.3 is 18.0 Å². The first-order valence-electron chi connectivity index (χ1n) is 6.01. The first-order chi connectivity index (χ1) is 9.70. The van der Waals surface area contributed by atoms with Crippen LogP contribution in [0, 0.1) is 0 Å². The highest BCUT2D eigenvalue weighted by atomic mass is 19.4. The summed E-state index contributed by atoms with van der Waals surface area (Å²) in [6.45, 7) is 3.36. The molecule has 2 N–H and O–H groups in total. The topological polar surface area (TPSA) is 70.6 Å². The molecule has 0 aliphatic rings. The van der Waals surface area contributed by atoms with Crippen LogP contribution in [0.25, 0.3) is 0 Å². The summed E-state index contributed by atoms with van der Waals surface area (Å²) in [5.74, 6) is -1.86. The zero-order valence-corrected chi connectivity index (χ0v) is 11.4. The molecule has 0 heterocycles. The Morgan fingerprint density at radius 2 is 1.90 bits per heavy atom. The standard InChI is InChI=1S/C13H14F3N3O2/c1-8(2)18-11(20)12(21)19-17-7-9-4-3-5-10(6-9)13(14,15)16/h3-8H,1-2H3,(H,18,20)(H,19,21)/b17-7-. The summed E-state index contributed by atoms with van der Waals surface area (Å²) in [5, 5.41) is 5.79. The molecule has 1 aromatic carbocycles. The summed E-state index contributed by atoms with van der Waals surface area (Å²) in [6, 6.07) is 4.20. The van der Waals surface area contributed by atoms with Crippen LogP contribution in [-0.2, 0) is 15.8 Å². The molecular formula is C13H14F3N3O2. The molecule has 1 aromatic rings. The monoisotopic (exact) mass is 301 g/mol. The maximum Gasteiger partial charge on any atom is 0.416 e. The minimum Gasteiger partial charge on any atom is -0.346 e. The van der Waals surface area contributed by atoms with Crippen LogP contribution in [0.3, 0.4) is 0 Å². The normalized spacial score (nSPS) is 11.7. The molecule has 0 saturated heterocycles. The number of carbonyl (C=O) groups is 2. The van der Waals surface area contributed by atoms with Gasteiger partial charge in [0.1, 0.15) is 0 Å². The van der Waals surface area contributed by atoms with E-state index in [1.807, 2.05) is 5.43 Å². The van der Waals surface area contributed by atoms with Crippen LogP contribution in [-0.4, -0.2) is 24.1 Å². The molecule has 0 fully saturated rings. The third-order valence-corrected chi connectivity index (χ3v) is 2.22. The summed E-state index contributed by atoms with van der Waals surface area (Å²) in [6.07, 6.45) is -3.43. The maximum atomic E-state index is 12.5. The fourth-order valence-electron chi connectivity index (χ4n) is 1.34. The lowest BCUT2D eigenvalue weighted by atomic mass is 10.1. The van der Waals surface area contributed by atoms with Gasteiger partial charge in [0.2, 0.25) is 0 Å². The third kappa shape index (κ3) is 5.64. The Morgan fingerprint density at radius 3 is 2.48 bits per heavy atom. The number of nitrogens with zero attached hydrogens (tertiary/aromatic N) is 1. The lowest BCUT2D eigenvalue weighted by Crippen LogP contribution is -2.41. The van der Waals surface area contributed by atoms with Crippen molar-refractivity contribution >= 4 is 18.0 Å². The molecule has 2 amide bonds. The van der Waals surface area contributed by atoms with Crippen molar-refractivity contribution in [3.8, 4) is 0 Å². The second-order valence-electron chi connectivity index (χ2n) is 4.45. The summed E-state index contributed by atoms with van der Waals surface area (Å²) in [5.41, 5.74) is 1.26. The second kappa shape index (κ2) is 6.87. The molecule has 0 atom stereocenters. The maximum absolute atomic E-state index is 12.5. The molecule has 1 rings (SSSR count). The average Bonchev–Trinajstić information content (AvgIpc) is 2.37. The van der Waals surface area contributed by atoms with Gasteiger partial charge in [0.25, 0.3) is 0 Å². The zero-order valence-electron chi connectivity index (χ0n) is 11.4. The van der Waals surface area contributed by atoms with E-state index < -0.39 is 23.6 Å². The Bertz CT molecular complexity index is 554. The summed E-state index contributed by atoms with van der Waals surface area (Å²) >= 11 is 0. The molecule has 0 saturated carbocycles. The fraction of sp³-hybridized carbons (Fsp3) is 0.308. The van der Waals surface area contributed by atoms with Crippen molar-refractivity contribution in [3.63, 3.8) is 0 Å². The van der Waals surface area contributed by atoms with Crippen molar-refractivity contribution in [3.05, 3.63) is 35.4 Å². The molecule has 8 heteroatoms. The summed E-state index contributed by atoms with van der Waals surface area (Å²) in [7, 11) is 0. The lowest BCUT2D eigenvalue weighted by Gasteiger charge is -2.07. The molecule has 5 nitrogen and oxygen atoms in total. The molecule has 0 aliphatic carbocycles. The van der Waals surface area contributed by atoms with E-state index in [9.17, 15) is 22.8 Å². The van der Waals surface area contributed by atoms with E-state index in [1.54, 1.807) is 13.8 Å². The van der Waals surface area contributed by atoms with Gasteiger partial charge in [-0.1, -0.05) is 12.1 Å². The van der Waals surface area contributed by atoms with Crippen LogP contribution in [0.4, 0.5) is 13.2 Å². The molecule has 0 radical (unpaired) electrons. The van der Waals surface area contributed by atoms with E-state index in [4.69, 9.17) is 0 Å². The van der Waals surface area contributed by atoms with Crippen LogP contribution in [0.5, 0.6) is 0 Å². The Hall–Kier alpha value is -2.38. The quantitative estimate of drug-likeness (QED) is 0.506. The molecule has 0 aliphatic heterocycles. The van der Waals surface area contributed by atoms with E-state index in [2.05, 4.69) is 10.4 Å². The van der Waals surface area contributed by atoms with Crippen molar-refractivity contribution in [1.82, 2.24) is 10.7 Å². The van der Waals surface area contributed by atoms with Gasteiger partial charge in [0.05, 0.1) is 11.8 Å². The van der Waals surface area contributed by atoms with Crippen LogP contribution >= 0.6 is 0 Å². The predicted molar refractivity (Wildman–Crippen MR) is 70.5 cm³/mol. The van der Waals surface area contributed by atoms with E-state index in [0.717, 1.165) is 18.3 Å². The van der Waals surface area contributed by atoms with Gasteiger partial charge in [-0.15, -0.1) is 0 Å². The molecule has 0 unspecified atom stereocenters. The molecule has 114 valence electrons. The molecule has 21 heavy (non-hydrogen) atoms. The second-order valence-corrected chi connectivity index (χ2v) is 4.45. The predicted octanol–water partition coefficient (Wildman–Crippen LogP) is 1.68. The van der Waals surface area contributed by atoms with Gasteiger partial charge < -0.3 is 5.32 Å². The number of benzene rings is 1. The fourth-order valence-corrected chi connectivity index (χ4v) is 1.34. The highest BCUT2D eigenvalue weighted by Crippen LogP contribution is 2.29. The number of hydrazone groups is 1. The van der Waals surface area contributed by atoms with Gasteiger partial charge in [-0.3, -0.25) is 9.59 Å². The zero-order chi connectivity index (χ0) is 16.0. The van der Waals surface area contributed by atoms with Gasteiger partial charge in [-0.2, -0.15) is 18.3 Å².